The highest BCUT2D eigenvalue weighted by atomic mass is 16.5. The Morgan fingerprint density at radius 1 is 1.25 bits per heavy atom. The van der Waals surface area contributed by atoms with Crippen molar-refractivity contribution < 1.29 is 4.74 Å². The van der Waals surface area contributed by atoms with E-state index in [0.717, 1.165) is 19.0 Å². The predicted molar refractivity (Wildman–Crippen MR) is 85.1 cm³/mol. The molecule has 2 rings (SSSR count). The van der Waals surface area contributed by atoms with Gasteiger partial charge >= 0.3 is 0 Å². The first-order valence-corrected chi connectivity index (χ1v) is 8.55. The van der Waals surface area contributed by atoms with Crippen LogP contribution in [0.1, 0.15) is 52.9 Å². The summed E-state index contributed by atoms with van der Waals surface area (Å²) in [7, 11) is 1.86. The van der Waals surface area contributed by atoms with E-state index in [1.807, 2.05) is 7.11 Å². The van der Waals surface area contributed by atoms with E-state index in [-0.39, 0.29) is 0 Å². The standard InChI is InChI=1S/C17H34N2O/c1-5-18-16-14(8-6-10-17(16,2)3)12-19-11-7-9-15(13-19)20-4/h14-16,18H,5-13H2,1-4H3. The normalized spacial score (nSPS) is 35.1. The summed E-state index contributed by atoms with van der Waals surface area (Å²) < 4.78 is 5.57. The van der Waals surface area contributed by atoms with Crippen molar-refractivity contribution in [3.63, 3.8) is 0 Å². The van der Waals surface area contributed by atoms with Gasteiger partial charge in [0.25, 0.3) is 0 Å². The molecule has 0 radical (unpaired) electrons. The molecular weight excluding hydrogens is 248 g/mol. The number of methoxy groups -OCH3 is 1. The monoisotopic (exact) mass is 282 g/mol. The number of hydrogen-bond acceptors (Lipinski definition) is 3. The molecule has 3 unspecified atom stereocenters. The summed E-state index contributed by atoms with van der Waals surface area (Å²) in [4.78, 5) is 2.65. The molecule has 3 nitrogen and oxygen atoms in total. The second-order valence-electron chi connectivity index (χ2n) is 7.44. The minimum atomic E-state index is 0.440. The summed E-state index contributed by atoms with van der Waals surface area (Å²) in [6.45, 7) is 11.9. The minimum absolute atomic E-state index is 0.440. The molecule has 20 heavy (non-hydrogen) atoms. The van der Waals surface area contributed by atoms with Crippen LogP contribution in [0.15, 0.2) is 0 Å². The molecule has 1 saturated heterocycles. The van der Waals surface area contributed by atoms with Crippen LogP contribution in [0.25, 0.3) is 0 Å². The highest BCUT2D eigenvalue weighted by Gasteiger charge is 2.39. The molecule has 3 heteroatoms. The first-order chi connectivity index (χ1) is 9.56. The van der Waals surface area contributed by atoms with Crippen LogP contribution in [0.3, 0.4) is 0 Å². The van der Waals surface area contributed by atoms with E-state index in [1.54, 1.807) is 0 Å². The zero-order chi connectivity index (χ0) is 14.6. The van der Waals surface area contributed by atoms with Crippen LogP contribution in [0, 0.1) is 11.3 Å². The third kappa shape index (κ3) is 3.96. The molecule has 0 amide bonds. The number of likely N-dealkylation sites (tertiary alicyclic amines) is 1. The molecule has 2 fully saturated rings. The van der Waals surface area contributed by atoms with Gasteiger partial charge in [0.2, 0.25) is 0 Å². The second kappa shape index (κ2) is 7.24. The van der Waals surface area contributed by atoms with Gasteiger partial charge in [-0.25, -0.2) is 0 Å². The van der Waals surface area contributed by atoms with Gasteiger partial charge in [-0.2, -0.15) is 0 Å². The maximum atomic E-state index is 5.57. The Morgan fingerprint density at radius 2 is 2.05 bits per heavy atom. The molecule has 0 aromatic carbocycles. The second-order valence-corrected chi connectivity index (χ2v) is 7.44. The van der Waals surface area contributed by atoms with Crippen LogP contribution in [-0.4, -0.2) is 50.3 Å². The third-order valence-electron chi connectivity index (χ3n) is 5.42. The fourth-order valence-electron chi connectivity index (χ4n) is 4.34. The van der Waals surface area contributed by atoms with Gasteiger partial charge in [0.05, 0.1) is 6.10 Å². The first kappa shape index (κ1) is 16.3. The first-order valence-electron chi connectivity index (χ1n) is 8.55. The van der Waals surface area contributed by atoms with Gasteiger partial charge < -0.3 is 15.0 Å². The number of rotatable bonds is 5. The largest absolute Gasteiger partial charge is 0.380 e. The molecule has 118 valence electrons. The molecule has 2 aliphatic rings. The van der Waals surface area contributed by atoms with Gasteiger partial charge in [-0.05, 0) is 50.1 Å². The van der Waals surface area contributed by atoms with E-state index in [1.165, 1.54) is 45.2 Å². The molecule has 1 saturated carbocycles. The van der Waals surface area contributed by atoms with Gasteiger partial charge in [0, 0.05) is 26.2 Å². The summed E-state index contributed by atoms with van der Waals surface area (Å²) in [5, 5.41) is 3.78. The zero-order valence-corrected chi connectivity index (χ0v) is 14.0. The lowest BCUT2D eigenvalue weighted by atomic mass is 9.67. The van der Waals surface area contributed by atoms with Crippen LogP contribution >= 0.6 is 0 Å². The highest BCUT2D eigenvalue weighted by molar-refractivity contribution is 4.94. The Balaban J connectivity index is 1.95. The van der Waals surface area contributed by atoms with Gasteiger partial charge in [-0.3, -0.25) is 0 Å². The van der Waals surface area contributed by atoms with Crippen LogP contribution < -0.4 is 5.32 Å². The van der Waals surface area contributed by atoms with Crippen molar-refractivity contribution in [2.75, 3.05) is 33.3 Å². The van der Waals surface area contributed by atoms with Crippen molar-refractivity contribution in [3.05, 3.63) is 0 Å². The van der Waals surface area contributed by atoms with Crippen molar-refractivity contribution >= 4 is 0 Å². The van der Waals surface area contributed by atoms with Crippen molar-refractivity contribution in [1.29, 1.82) is 0 Å². The maximum Gasteiger partial charge on any atom is 0.0698 e. The average molecular weight is 282 g/mol. The fraction of sp³-hybridized carbons (Fsp3) is 1.00. The SMILES string of the molecule is CCNC1C(CN2CCCC(OC)C2)CCCC1(C)C. The molecule has 3 atom stereocenters. The Labute approximate surface area is 125 Å². The topological polar surface area (TPSA) is 24.5 Å². The molecular formula is C17H34N2O. The van der Waals surface area contributed by atoms with E-state index < -0.39 is 0 Å². The summed E-state index contributed by atoms with van der Waals surface area (Å²) in [6, 6.07) is 0.671. The summed E-state index contributed by atoms with van der Waals surface area (Å²) in [5.74, 6) is 0.800. The smallest absolute Gasteiger partial charge is 0.0698 e. The lowest BCUT2D eigenvalue weighted by Crippen LogP contribution is -2.54. The molecule has 0 aromatic heterocycles. The van der Waals surface area contributed by atoms with Crippen LogP contribution in [0.5, 0.6) is 0 Å². The number of nitrogens with zero attached hydrogens (tertiary/aromatic N) is 1. The average Bonchev–Trinajstić information content (AvgIpc) is 2.43. The quantitative estimate of drug-likeness (QED) is 0.839. The van der Waals surface area contributed by atoms with E-state index in [9.17, 15) is 0 Å². The van der Waals surface area contributed by atoms with E-state index in [2.05, 4.69) is 31.0 Å². The molecule has 1 N–H and O–H groups in total. The van der Waals surface area contributed by atoms with Gasteiger partial charge in [-0.15, -0.1) is 0 Å². The van der Waals surface area contributed by atoms with E-state index in [4.69, 9.17) is 4.74 Å². The summed E-state index contributed by atoms with van der Waals surface area (Å²) in [6.07, 6.45) is 7.12. The lowest BCUT2D eigenvalue weighted by Gasteiger charge is -2.46. The summed E-state index contributed by atoms with van der Waals surface area (Å²) >= 11 is 0. The lowest BCUT2D eigenvalue weighted by molar-refractivity contribution is 0.0111. The van der Waals surface area contributed by atoms with Gasteiger partial charge in [0.15, 0.2) is 0 Å². The van der Waals surface area contributed by atoms with Gasteiger partial charge in [0.1, 0.15) is 0 Å². The molecule has 0 spiro atoms. The van der Waals surface area contributed by atoms with Gasteiger partial charge in [-0.1, -0.05) is 27.2 Å². The van der Waals surface area contributed by atoms with Crippen molar-refractivity contribution in [3.8, 4) is 0 Å². The van der Waals surface area contributed by atoms with E-state index in [0.29, 0.717) is 17.6 Å². The predicted octanol–water partition coefficient (Wildman–Crippen LogP) is 2.90. The Morgan fingerprint density at radius 3 is 2.75 bits per heavy atom. The van der Waals surface area contributed by atoms with Crippen molar-refractivity contribution in [1.82, 2.24) is 10.2 Å². The third-order valence-corrected chi connectivity index (χ3v) is 5.42. The Hall–Kier alpha value is -0.120. The van der Waals surface area contributed by atoms with Crippen molar-refractivity contribution in [2.24, 2.45) is 11.3 Å². The number of piperidine rings is 1. The number of nitrogens with one attached hydrogen (secondary N) is 1. The number of hydrogen-bond donors (Lipinski definition) is 1. The van der Waals surface area contributed by atoms with Crippen LogP contribution in [0.4, 0.5) is 0 Å². The maximum absolute atomic E-state index is 5.57. The molecule has 0 aromatic rings. The fourth-order valence-corrected chi connectivity index (χ4v) is 4.34. The van der Waals surface area contributed by atoms with Crippen LogP contribution in [0.2, 0.25) is 0 Å². The van der Waals surface area contributed by atoms with E-state index >= 15 is 0 Å². The van der Waals surface area contributed by atoms with Crippen LogP contribution in [-0.2, 0) is 4.74 Å². The highest BCUT2D eigenvalue weighted by Crippen LogP contribution is 2.39. The number of ether oxygens (including phenoxy) is 1. The summed E-state index contributed by atoms with van der Waals surface area (Å²) in [5.41, 5.74) is 0.440. The Bertz CT molecular complexity index is 293. The molecule has 1 aliphatic carbocycles. The molecule has 1 aliphatic heterocycles. The minimum Gasteiger partial charge on any atom is -0.380 e. The molecule has 0 bridgehead atoms. The van der Waals surface area contributed by atoms with Crippen molar-refractivity contribution in [2.45, 2.75) is 65.0 Å². The zero-order valence-electron chi connectivity index (χ0n) is 14.0. The molecule has 1 heterocycles. The Kier molecular flexibility index (Phi) is 5.88.